The van der Waals surface area contributed by atoms with Crippen LogP contribution in [-0.4, -0.2) is 5.78 Å². The SMILES string of the molecule is C/C=C\CC(C)C(C)=O. The van der Waals surface area contributed by atoms with E-state index in [-0.39, 0.29) is 11.7 Å². The minimum Gasteiger partial charge on any atom is -0.300 e. The van der Waals surface area contributed by atoms with Crippen molar-refractivity contribution in [1.29, 1.82) is 0 Å². The molecule has 0 aromatic heterocycles. The first-order valence-corrected chi connectivity index (χ1v) is 3.30. The molecule has 0 heterocycles. The van der Waals surface area contributed by atoms with E-state index in [4.69, 9.17) is 0 Å². The second-order valence-corrected chi connectivity index (χ2v) is 2.32. The molecule has 1 nitrogen and oxygen atoms in total. The highest BCUT2D eigenvalue weighted by Crippen LogP contribution is 2.02. The van der Waals surface area contributed by atoms with Gasteiger partial charge in [-0.05, 0) is 20.3 Å². The molecule has 0 aliphatic rings. The van der Waals surface area contributed by atoms with Gasteiger partial charge in [0.25, 0.3) is 0 Å². The van der Waals surface area contributed by atoms with Crippen molar-refractivity contribution < 1.29 is 4.79 Å². The monoisotopic (exact) mass is 126 g/mol. The lowest BCUT2D eigenvalue weighted by molar-refractivity contribution is -0.120. The van der Waals surface area contributed by atoms with Crippen LogP contribution < -0.4 is 0 Å². The van der Waals surface area contributed by atoms with E-state index in [0.717, 1.165) is 6.42 Å². The Morgan fingerprint density at radius 2 is 2.22 bits per heavy atom. The van der Waals surface area contributed by atoms with Crippen molar-refractivity contribution in [2.24, 2.45) is 5.92 Å². The number of ketones is 1. The summed E-state index contributed by atoms with van der Waals surface area (Å²) in [6, 6.07) is 0. The van der Waals surface area contributed by atoms with E-state index in [9.17, 15) is 4.79 Å². The molecule has 0 saturated heterocycles. The van der Waals surface area contributed by atoms with Crippen molar-refractivity contribution >= 4 is 5.78 Å². The largest absolute Gasteiger partial charge is 0.300 e. The van der Waals surface area contributed by atoms with E-state index in [0.29, 0.717) is 0 Å². The van der Waals surface area contributed by atoms with Gasteiger partial charge in [0.15, 0.2) is 0 Å². The highest BCUT2D eigenvalue weighted by Gasteiger charge is 2.02. The van der Waals surface area contributed by atoms with Gasteiger partial charge in [0.2, 0.25) is 0 Å². The van der Waals surface area contributed by atoms with Crippen LogP contribution >= 0.6 is 0 Å². The predicted molar refractivity (Wildman–Crippen MR) is 39.3 cm³/mol. The second kappa shape index (κ2) is 4.30. The molecule has 1 heteroatoms. The van der Waals surface area contributed by atoms with E-state index < -0.39 is 0 Å². The molecule has 0 rings (SSSR count). The second-order valence-electron chi connectivity index (χ2n) is 2.32. The summed E-state index contributed by atoms with van der Waals surface area (Å²) in [5, 5.41) is 0. The maximum Gasteiger partial charge on any atom is 0.132 e. The zero-order valence-corrected chi connectivity index (χ0v) is 6.35. The fourth-order valence-corrected chi connectivity index (χ4v) is 0.506. The molecule has 0 aromatic rings. The normalized spacial score (nSPS) is 14.1. The van der Waals surface area contributed by atoms with Gasteiger partial charge in [-0.1, -0.05) is 19.1 Å². The fourth-order valence-electron chi connectivity index (χ4n) is 0.506. The first kappa shape index (κ1) is 8.41. The average molecular weight is 126 g/mol. The molecular weight excluding hydrogens is 112 g/mol. The van der Waals surface area contributed by atoms with Crippen molar-refractivity contribution in [2.75, 3.05) is 0 Å². The van der Waals surface area contributed by atoms with Crippen LogP contribution in [0.2, 0.25) is 0 Å². The van der Waals surface area contributed by atoms with E-state index in [1.54, 1.807) is 6.92 Å². The molecule has 0 saturated carbocycles. The molecule has 0 amide bonds. The van der Waals surface area contributed by atoms with Gasteiger partial charge in [0.05, 0.1) is 0 Å². The molecular formula is C8H14O. The summed E-state index contributed by atoms with van der Waals surface area (Å²) in [6.45, 7) is 5.54. The molecule has 52 valence electrons. The van der Waals surface area contributed by atoms with Crippen molar-refractivity contribution in [3.63, 3.8) is 0 Å². The summed E-state index contributed by atoms with van der Waals surface area (Å²) in [5.41, 5.74) is 0. The topological polar surface area (TPSA) is 17.1 Å². The molecule has 0 fully saturated rings. The summed E-state index contributed by atoms with van der Waals surface area (Å²) in [7, 11) is 0. The van der Waals surface area contributed by atoms with E-state index in [1.165, 1.54) is 0 Å². The van der Waals surface area contributed by atoms with E-state index >= 15 is 0 Å². The van der Waals surface area contributed by atoms with Crippen molar-refractivity contribution in [2.45, 2.75) is 27.2 Å². The Kier molecular flexibility index (Phi) is 4.02. The lowest BCUT2D eigenvalue weighted by atomic mass is 10.0. The Hall–Kier alpha value is -0.590. The smallest absolute Gasteiger partial charge is 0.132 e. The third-order valence-corrected chi connectivity index (χ3v) is 1.42. The fraction of sp³-hybridized carbons (Fsp3) is 0.625. The molecule has 0 radical (unpaired) electrons. The number of hydrogen-bond acceptors (Lipinski definition) is 1. The Morgan fingerprint density at radius 3 is 2.56 bits per heavy atom. The summed E-state index contributed by atoms with van der Waals surface area (Å²) in [6.07, 6.45) is 4.87. The van der Waals surface area contributed by atoms with Gasteiger partial charge in [-0.15, -0.1) is 0 Å². The minimum atomic E-state index is 0.196. The van der Waals surface area contributed by atoms with Crippen LogP contribution in [0.5, 0.6) is 0 Å². The van der Waals surface area contributed by atoms with Gasteiger partial charge in [-0.25, -0.2) is 0 Å². The summed E-state index contributed by atoms with van der Waals surface area (Å²) in [4.78, 5) is 10.6. The van der Waals surface area contributed by atoms with Gasteiger partial charge < -0.3 is 0 Å². The zero-order valence-electron chi connectivity index (χ0n) is 6.35. The third kappa shape index (κ3) is 3.95. The number of Topliss-reactive ketones (excluding diaryl/α,β-unsaturated/α-hetero) is 1. The summed E-state index contributed by atoms with van der Waals surface area (Å²) >= 11 is 0. The van der Waals surface area contributed by atoms with Gasteiger partial charge in [-0.2, -0.15) is 0 Å². The predicted octanol–water partition coefficient (Wildman–Crippen LogP) is 2.18. The Bertz CT molecular complexity index is 114. The number of rotatable bonds is 3. The quantitative estimate of drug-likeness (QED) is 0.530. The van der Waals surface area contributed by atoms with Crippen molar-refractivity contribution in [1.82, 2.24) is 0 Å². The zero-order chi connectivity index (χ0) is 7.28. The Labute approximate surface area is 56.8 Å². The number of carbonyl (C=O) groups is 1. The highest BCUT2D eigenvalue weighted by molar-refractivity contribution is 5.77. The Balaban J connectivity index is 3.50. The molecule has 0 aliphatic heterocycles. The van der Waals surface area contributed by atoms with Crippen LogP contribution in [-0.2, 0) is 4.79 Å². The third-order valence-electron chi connectivity index (χ3n) is 1.42. The molecule has 0 N–H and O–H groups in total. The molecule has 9 heavy (non-hydrogen) atoms. The molecule has 1 unspecified atom stereocenters. The molecule has 0 aliphatic carbocycles. The summed E-state index contributed by atoms with van der Waals surface area (Å²) < 4.78 is 0. The number of carbonyl (C=O) groups excluding carboxylic acids is 1. The van der Waals surface area contributed by atoms with Crippen molar-refractivity contribution in [3.8, 4) is 0 Å². The first-order valence-electron chi connectivity index (χ1n) is 3.30. The molecule has 0 aromatic carbocycles. The molecule has 1 atom stereocenters. The average Bonchev–Trinajstić information content (AvgIpc) is 1.82. The maximum atomic E-state index is 10.6. The lowest BCUT2D eigenvalue weighted by Gasteiger charge is -2.00. The lowest BCUT2D eigenvalue weighted by Crippen LogP contribution is -2.03. The molecule has 0 spiro atoms. The van der Waals surface area contributed by atoms with Crippen LogP contribution in [0.25, 0.3) is 0 Å². The summed E-state index contributed by atoms with van der Waals surface area (Å²) in [5.74, 6) is 0.467. The standard InChI is InChI=1S/C8H14O/c1-4-5-6-7(2)8(3)9/h4-5,7H,6H2,1-3H3/b5-4-. The highest BCUT2D eigenvalue weighted by atomic mass is 16.1. The van der Waals surface area contributed by atoms with Crippen molar-refractivity contribution in [3.05, 3.63) is 12.2 Å². The Morgan fingerprint density at radius 1 is 1.67 bits per heavy atom. The maximum absolute atomic E-state index is 10.6. The van der Waals surface area contributed by atoms with Crippen LogP contribution in [0.15, 0.2) is 12.2 Å². The van der Waals surface area contributed by atoms with Crippen LogP contribution in [0.1, 0.15) is 27.2 Å². The number of hydrogen-bond donors (Lipinski definition) is 0. The van der Waals surface area contributed by atoms with Crippen LogP contribution in [0.4, 0.5) is 0 Å². The van der Waals surface area contributed by atoms with E-state index in [1.807, 2.05) is 26.0 Å². The first-order chi connectivity index (χ1) is 4.18. The van der Waals surface area contributed by atoms with Gasteiger partial charge in [0.1, 0.15) is 5.78 Å². The minimum absolute atomic E-state index is 0.196. The van der Waals surface area contributed by atoms with Gasteiger partial charge in [0, 0.05) is 5.92 Å². The van der Waals surface area contributed by atoms with Gasteiger partial charge >= 0.3 is 0 Å². The van der Waals surface area contributed by atoms with Crippen LogP contribution in [0.3, 0.4) is 0 Å². The number of allylic oxidation sites excluding steroid dienone is 2. The molecule has 0 bridgehead atoms. The van der Waals surface area contributed by atoms with Gasteiger partial charge in [-0.3, -0.25) is 4.79 Å². The van der Waals surface area contributed by atoms with Crippen LogP contribution in [0, 0.1) is 5.92 Å². The van der Waals surface area contributed by atoms with E-state index in [2.05, 4.69) is 0 Å².